The number of ketones is 2. The van der Waals surface area contributed by atoms with Crippen LogP contribution in [0.3, 0.4) is 0 Å². The van der Waals surface area contributed by atoms with E-state index in [-0.39, 0.29) is 22.1 Å². The molecule has 2 aliphatic rings. The van der Waals surface area contributed by atoms with Crippen LogP contribution in [0.5, 0.6) is 17.2 Å². The first kappa shape index (κ1) is 22.2. The van der Waals surface area contributed by atoms with Crippen molar-refractivity contribution in [2.24, 2.45) is 5.92 Å². The Bertz CT molecular complexity index is 1400. The molecule has 0 fully saturated rings. The van der Waals surface area contributed by atoms with Crippen LogP contribution in [0.1, 0.15) is 29.4 Å². The van der Waals surface area contributed by atoms with Crippen molar-refractivity contribution in [3.05, 3.63) is 64.5 Å². The second-order valence-electron chi connectivity index (χ2n) is 8.56. The number of nitrogens with zero attached hydrogens (tertiary/aromatic N) is 1. The van der Waals surface area contributed by atoms with Crippen LogP contribution in [0.15, 0.2) is 48.2 Å². The summed E-state index contributed by atoms with van der Waals surface area (Å²) in [4.78, 5) is 31.8. The van der Waals surface area contributed by atoms with Crippen molar-refractivity contribution in [1.82, 2.24) is 4.98 Å². The van der Waals surface area contributed by atoms with E-state index >= 15 is 0 Å². The maximum atomic E-state index is 13.6. The van der Waals surface area contributed by atoms with Gasteiger partial charge in [-0.1, -0.05) is 36.7 Å². The number of nitrogens with one attached hydrogen (secondary N) is 1. The summed E-state index contributed by atoms with van der Waals surface area (Å²) >= 11 is 6.45. The van der Waals surface area contributed by atoms with Gasteiger partial charge in [-0.15, -0.1) is 0 Å². The fourth-order valence-electron chi connectivity index (χ4n) is 4.73. The van der Waals surface area contributed by atoms with Gasteiger partial charge in [0, 0.05) is 34.8 Å². The van der Waals surface area contributed by atoms with Gasteiger partial charge >= 0.3 is 0 Å². The Kier molecular flexibility index (Phi) is 5.24. The first-order valence-electron chi connectivity index (χ1n) is 10.9. The van der Waals surface area contributed by atoms with Gasteiger partial charge in [0.2, 0.25) is 17.2 Å². The smallest absolute Gasteiger partial charge is 0.236 e. The molecular weight excluding hydrogens is 456 g/mol. The summed E-state index contributed by atoms with van der Waals surface area (Å²) in [6.45, 7) is 3.75. The maximum Gasteiger partial charge on any atom is 0.236 e. The zero-order valence-electron chi connectivity index (χ0n) is 19.2. The summed E-state index contributed by atoms with van der Waals surface area (Å²) in [7, 11) is 2.90. The first-order chi connectivity index (χ1) is 16.3. The van der Waals surface area contributed by atoms with Gasteiger partial charge in [-0.05, 0) is 25.5 Å². The molecule has 0 radical (unpaired) electrons. The number of aryl methyl sites for hydroxylation is 1. The minimum absolute atomic E-state index is 0.113. The second kappa shape index (κ2) is 8.02. The lowest BCUT2D eigenvalue weighted by Gasteiger charge is -2.35. The van der Waals surface area contributed by atoms with Crippen molar-refractivity contribution >= 4 is 39.8 Å². The van der Waals surface area contributed by atoms with Gasteiger partial charge in [0.05, 0.1) is 25.4 Å². The highest BCUT2D eigenvalue weighted by atomic mass is 35.5. The van der Waals surface area contributed by atoms with Crippen LogP contribution in [0, 0.1) is 12.8 Å². The van der Waals surface area contributed by atoms with Gasteiger partial charge in [-0.3, -0.25) is 14.6 Å². The highest BCUT2D eigenvalue weighted by molar-refractivity contribution is 6.36. The van der Waals surface area contributed by atoms with E-state index in [4.69, 9.17) is 25.8 Å². The Morgan fingerprint density at radius 3 is 2.62 bits per heavy atom. The number of allylic oxidation sites excluding steroid dienone is 1. The number of aromatic nitrogens is 1. The third-order valence-electron chi connectivity index (χ3n) is 6.46. The van der Waals surface area contributed by atoms with E-state index in [2.05, 4.69) is 10.3 Å². The molecule has 1 aliphatic heterocycles. The molecule has 1 aliphatic carbocycles. The summed E-state index contributed by atoms with van der Waals surface area (Å²) in [5.41, 5.74) is 1.64. The van der Waals surface area contributed by atoms with Gasteiger partial charge in [-0.25, -0.2) is 0 Å². The number of pyridine rings is 1. The molecule has 0 saturated carbocycles. The van der Waals surface area contributed by atoms with Crippen molar-refractivity contribution in [2.75, 3.05) is 19.5 Å². The number of ether oxygens (including phenoxy) is 3. The van der Waals surface area contributed by atoms with E-state index in [9.17, 15) is 9.59 Å². The van der Waals surface area contributed by atoms with Crippen molar-refractivity contribution in [1.29, 1.82) is 0 Å². The summed E-state index contributed by atoms with van der Waals surface area (Å²) in [5, 5.41) is 4.47. The lowest BCUT2D eigenvalue weighted by molar-refractivity contribution is -0.129. The van der Waals surface area contributed by atoms with Gasteiger partial charge in [0.1, 0.15) is 22.1 Å². The minimum Gasteiger partial charge on any atom is -0.496 e. The molecule has 0 amide bonds. The molecular formula is C26H23ClN2O5. The predicted molar refractivity (Wildman–Crippen MR) is 129 cm³/mol. The number of Topliss-reactive ketones (excluding diaryl/α,β-unsaturated/α-hetero) is 1. The van der Waals surface area contributed by atoms with Gasteiger partial charge in [0.15, 0.2) is 5.75 Å². The van der Waals surface area contributed by atoms with Crippen molar-refractivity contribution < 1.29 is 23.8 Å². The number of hydrogen-bond acceptors (Lipinski definition) is 7. The number of anilines is 1. The maximum absolute atomic E-state index is 13.6. The number of fused-ring (bicyclic) bond motifs is 2. The van der Waals surface area contributed by atoms with E-state index < -0.39 is 23.1 Å². The predicted octanol–water partition coefficient (Wildman–Crippen LogP) is 5.13. The molecule has 1 spiro atoms. The van der Waals surface area contributed by atoms with Crippen LogP contribution in [-0.4, -0.2) is 36.4 Å². The minimum atomic E-state index is -1.70. The summed E-state index contributed by atoms with van der Waals surface area (Å²) in [6, 6.07) is 11.3. The lowest BCUT2D eigenvalue weighted by Crippen LogP contribution is -2.55. The number of methoxy groups -OCH3 is 2. The number of rotatable bonds is 4. The molecule has 174 valence electrons. The highest BCUT2D eigenvalue weighted by Crippen LogP contribution is 2.53. The Hall–Kier alpha value is -3.58. The van der Waals surface area contributed by atoms with Crippen LogP contribution in [0.4, 0.5) is 5.69 Å². The molecule has 2 heterocycles. The molecule has 34 heavy (non-hydrogen) atoms. The number of carbonyl (C=O) groups is 2. The van der Waals surface area contributed by atoms with Crippen LogP contribution < -0.4 is 19.5 Å². The fraction of sp³-hybridized carbons (Fsp3) is 0.269. The second-order valence-corrected chi connectivity index (χ2v) is 8.94. The van der Waals surface area contributed by atoms with E-state index in [1.54, 1.807) is 0 Å². The van der Waals surface area contributed by atoms with Gasteiger partial charge in [0.25, 0.3) is 0 Å². The van der Waals surface area contributed by atoms with Crippen LogP contribution in [0.25, 0.3) is 10.9 Å². The molecule has 3 aromatic rings. The number of halogens is 1. The topological polar surface area (TPSA) is 86.8 Å². The average molecular weight is 479 g/mol. The molecule has 0 bridgehead atoms. The highest BCUT2D eigenvalue weighted by Gasteiger charge is 2.60. The summed E-state index contributed by atoms with van der Waals surface area (Å²) in [6.07, 6.45) is 1.85. The van der Waals surface area contributed by atoms with Crippen LogP contribution in [0.2, 0.25) is 5.02 Å². The molecule has 1 N–H and O–H groups in total. The van der Waals surface area contributed by atoms with E-state index in [1.807, 2.05) is 44.2 Å². The largest absolute Gasteiger partial charge is 0.496 e. The lowest BCUT2D eigenvalue weighted by atomic mass is 9.74. The molecule has 7 nitrogen and oxygen atoms in total. The average Bonchev–Trinajstić information content (AvgIpc) is 3.13. The molecule has 2 unspecified atom stereocenters. The normalized spacial score (nSPS) is 21.3. The molecule has 2 aromatic carbocycles. The monoisotopic (exact) mass is 478 g/mol. The van der Waals surface area contributed by atoms with Crippen molar-refractivity contribution in [3.63, 3.8) is 0 Å². The molecule has 8 heteroatoms. The van der Waals surface area contributed by atoms with Gasteiger partial charge < -0.3 is 19.5 Å². The zero-order chi connectivity index (χ0) is 24.2. The molecule has 1 aromatic heterocycles. The standard InChI is InChI=1S/C26H23ClN2O5/c1-13-10-16(29-17-7-5-6-15-9-8-14(2)28-23(15)17)11-20(30)26(13)25(31)21-18(32-3)12-19(33-4)22(27)24(21)34-26/h5-9,11-13,29H,10H2,1-4H3. The van der Waals surface area contributed by atoms with E-state index in [0.29, 0.717) is 17.9 Å². The fourth-order valence-corrected chi connectivity index (χ4v) is 5.00. The molecule has 2 atom stereocenters. The SMILES string of the molecule is COc1cc(OC)c2c(c1Cl)OC1(C(=O)C=C(Nc3cccc4ccc(C)nc34)CC1C)C2=O. The Morgan fingerprint density at radius 1 is 1.15 bits per heavy atom. The van der Waals surface area contributed by atoms with E-state index in [0.717, 1.165) is 22.3 Å². The third kappa shape index (κ3) is 3.15. The molecule has 0 saturated heterocycles. The Balaban J connectivity index is 1.53. The van der Waals surface area contributed by atoms with Crippen molar-refractivity contribution in [3.8, 4) is 17.2 Å². The third-order valence-corrected chi connectivity index (χ3v) is 6.82. The van der Waals surface area contributed by atoms with Gasteiger partial charge in [-0.2, -0.15) is 0 Å². The van der Waals surface area contributed by atoms with Crippen LogP contribution in [-0.2, 0) is 4.79 Å². The van der Waals surface area contributed by atoms with E-state index in [1.165, 1.54) is 26.4 Å². The Labute approximate surface area is 201 Å². The van der Waals surface area contributed by atoms with Crippen molar-refractivity contribution in [2.45, 2.75) is 25.9 Å². The quantitative estimate of drug-likeness (QED) is 0.520. The first-order valence-corrected chi connectivity index (χ1v) is 11.2. The summed E-state index contributed by atoms with van der Waals surface area (Å²) in [5.74, 6) is -0.709. The Morgan fingerprint density at radius 2 is 1.91 bits per heavy atom. The summed E-state index contributed by atoms with van der Waals surface area (Å²) < 4.78 is 16.8. The number of benzene rings is 2. The zero-order valence-corrected chi connectivity index (χ0v) is 19.9. The number of hydrogen-bond donors (Lipinski definition) is 1. The number of carbonyl (C=O) groups excluding carboxylic acids is 2. The molecule has 5 rings (SSSR count). The number of para-hydroxylation sites is 1. The van der Waals surface area contributed by atoms with Crippen LogP contribution >= 0.6 is 11.6 Å².